The topological polar surface area (TPSA) is 80.8 Å². The minimum absolute atomic E-state index is 0.184. The number of hydrogen-bond acceptors (Lipinski definition) is 6. The second kappa shape index (κ2) is 8.48. The molecule has 0 radical (unpaired) electrons. The molecule has 34 heavy (non-hydrogen) atoms. The van der Waals surface area contributed by atoms with E-state index in [4.69, 9.17) is 9.47 Å². The standard InChI is InChI=1S/C26H33N3O4S/c1-17-8-24(33-16-26-12-19-9-20(13-26)11-21(10-19)14-26)23(22-6-5-7-27-25(22)32-3)15-29(17)18(2)28-34(4,30)31/h5-8,15,19-21,28H,1-2,9-14,16H2,3-4H3. The number of rotatable bonds is 8. The highest BCUT2D eigenvalue weighted by Gasteiger charge is 2.51. The lowest BCUT2D eigenvalue weighted by Crippen LogP contribution is -2.48. The summed E-state index contributed by atoms with van der Waals surface area (Å²) in [6.45, 7) is 8.70. The summed E-state index contributed by atoms with van der Waals surface area (Å²) in [6.07, 6.45) is 14.3. The van der Waals surface area contributed by atoms with E-state index >= 15 is 0 Å². The quantitative estimate of drug-likeness (QED) is 0.590. The number of allylic oxidation sites excluding steroid dienone is 2. The van der Waals surface area contributed by atoms with Crippen LogP contribution < -0.4 is 9.46 Å². The summed E-state index contributed by atoms with van der Waals surface area (Å²) in [4.78, 5) is 5.96. The zero-order chi connectivity index (χ0) is 24.1. The third-order valence-corrected chi connectivity index (χ3v) is 8.28. The number of hydrogen-bond donors (Lipinski definition) is 1. The normalized spacial score (nSPS) is 30.0. The predicted molar refractivity (Wildman–Crippen MR) is 132 cm³/mol. The van der Waals surface area contributed by atoms with Gasteiger partial charge in [0, 0.05) is 40.7 Å². The number of nitrogens with zero attached hydrogens (tertiary/aromatic N) is 2. The van der Waals surface area contributed by atoms with Crippen molar-refractivity contribution >= 4 is 15.6 Å². The number of methoxy groups -OCH3 is 1. The Hall–Kier alpha value is -2.74. The molecule has 0 spiro atoms. The van der Waals surface area contributed by atoms with Crippen LogP contribution in [0.2, 0.25) is 0 Å². The molecular formula is C26H33N3O4S. The SMILES string of the molecule is C=C1C=C(OCC23CC4CC(CC(C4)C2)C3)C(c2cccnc2OC)=CN1C(=C)NS(C)(=O)=O. The molecule has 4 aliphatic carbocycles. The fourth-order valence-electron chi connectivity index (χ4n) is 6.87. The van der Waals surface area contributed by atoms with Crippen molar-refractivity contribution in [3.8, 4) is 5.88 Å². The minimum atomic E-state index is -3.49. The first-order valence-corrected chi connectivity index (χ1v) is 13.7. The van der Waals surface area contributed by atoms with E-state index in [1.165, 1.54) is 38.5 Å². The number of pyridine rings is 1. The average Bonchev–Trinajstić information content (AvgIpc) is 2.75. The molecule has 0 atom stereocenters. The van der Waals surface area contributed by atoms with Gasteiger partial charge in [0.1, 0.15) is 11.6 Å². The lowest BCUT2D eigenvalue weighted by atomic mass is 9.50. The maximum Gasteiger partial charge on any atom is 0.230 e. The second-order valence-corrected chi connectivity index (χ2v) is 12.2. The van der Waals surface area contributed by atoms with Crippen molar-refractivity contribution in [3.05, 3.63) is 66.6 Å². The molecule has 2 heterocycles. The van der Waals surface area contributed by atoms with Crippen LogP contribution in [0.3, 0.4) is 0 Å². The van der Waals surface area contributed by atoms with Crippen LogP contribution in [0, 0.1) is 23.2 Å². The monoisotopic (exact) mass is 483 g/mol. The summed E-state index contributed by atoms with van der Waals surface area (Å²) >= 11 is 0. The van der Waals surface area contributed by atoms with Gasteiger partial charge in [0.25, 0.3) is 0 Å². The van der Waals surface area contributed by atoms with E-state index in [1.54, 1.807) is 24.4 Å². The molecule has 1 aromatic heterocycles. The van der Waals surface area contributed by atoms with Gasteiger partial charge in [0.2, 0.25) is 15.9 Å². The molecular weight excluding hydrogens is 450 g/mol. The summed E-state index contributed by atoms with van der Waals surface area (Å²) in [7, 11) is -1.91. The average molecular weight is 484 g/mol. The zero-order valence-corrected chi connectivity index (χ0v) is 20.7. The maximum atomic E-state index is 11.8. The highest BCUT2D eigenvalue weighted by molar-refractivity contribution is 7.88. The van der Waals surface area contributed by atoms with E-state index in [0.717, 1.165) is 35.1 Å². The summed E-state index contributed by atoms with van der Waals surface area (Å²) in [5.74, 6) is 3.88. The van der Waals surface area contributed by atoms with Crippen molar-refractivity contribution in [1.82, 2.24) is 14.6 Å². The van der Waals surface area contributed by atoms with Crippen LogP contribution in [0.4, 0.5) is 0 Å². The lowest BCUT2D eigenvalue weighted by Gasteiger charge is -2.56. The van der Waals surface area contributed by atoms with Gasteiger partial charge in [-0.3, -0.25) is 4.72 Å². The Balaban J connectivity index is 1.44. The van der Waals surface area contributed by atoms with E-state index in [0.29, 0.717) is 23.9 Å². The molecule has 1 aromatic rings. The fourth-order valence-corrected chi connectivity index (χ4v) is 7.39. The van der Waals surface area contributed by atoms with E-state index in [-0.39, 0.29) is 11.2 Å². The summed E-state index contributed by atoms with van der Waals surface area (Å²) in [6, 6.07) is 3.76. The van der Waals surface area contributed by atoms with Crippen LogP contribution >= 0.6 is 0 Å². The number of nitrogens with one attached hydrogen (secondary N) is 1. The Morgan fingerprint density at radius 2 is 1.88 bits per heavy atom. The highest BCUT2D eigenvalue weighted by Crippen LogP contribution is 2.60. The molecule has 4 bridgehead atoms. The van der Waals surface area contributed by atoms with Crippen LogP contribution in [-0.4, -0.2) is 38.3 Å². The molecule has 0 unspecified atom stereocenters. The Kier molecular flexibility index (Phi) is 5.74. The van der Waals surface area contributed by atoms with Gasteiger partial charge in [0.05, 0.1) is 20.0 Å². The molecule has 4 fully saturated rings. The smallest absolute Gasteiger partial charge is 0.230 e. The third-order valence-electron chi connectivity index (χ3n) is 7.68. The third kappa shape index (κ3) is 4.48. The van der Waals surface area contributed by atoms with Crippen molar-refractivity contribution < 1.29 is 17.9 Å². The van der Waals surface area contributed by atoms with Gasteiger partial charge in [0.15, 0.2) is 0 Å². The Bertz CT molecular complexity index is 1150. The second-order valence-electron chi connectivity index (χ2n) is 10.5. The van der Waals surface area contributed by atoms with Crippen molar-refractivity contribution in [3.63, 3.8) is 0 Å². The lowest BCUT2D eigenvalue weighted by molar-refractivity contribution is -0.0844. The molecule has 1 N–H and O–H groups in total. The fraction of sp³-hybridized carbons (Fsp3) is 0.500. The first-order chi connectivity index (χ1) is 16.1. The molecule has 0 saturated heterocycles. The molecule has 182 valence electrons. The van der Waals surface area contributed by atoms with Crippen molar-refractivity contribution in [2.75, 3.05) is 20.0 Å². The predicted octanol–water partition coefficient (Wildman–Crippen LogP) is 4.40. The van der Waals surface area contributed by atoms with Gasteiger partial charge in [-0.15, -0.1) is 0 Å². The van der Waals surface area contributed by atoms with Gasteiger partial charge in [-0.1, -0.05) is 13.2 Å². The number of aromatic nitrogens is 1. The van der Waals surface area contributed by atoms with E-state index < -0.39 is 10.0 Å². The van der Waals surface area contributed by atoms with Gasteiger partial charge < -0.3 is 14.4 Å². The van der Waals surface area contributed by atoms with Crippen LogP contribution in [0.1, 0.15) is 44.1 Å². The molecule has 4 saturated carbocycles. The first-order valence-electron chi connectivity index (χ1n) is 11.9. The molecule has 0 aromatic carbocycles. The molecule has 8 heteroatoms. The van der Waals surface area contributed by atoms with Crippen LogP contribution in [0.15, 0.2) is 61.0 Å². The summed E-state index contributed by atoms with van der Waals surface area (Å²) in [5.41, 5.74) is 2.32. The van der Waals surface area contributed by atoms with Gasteiger partial charge in [-0.05, 0) is 68.4 Å². The molecule has 1 aliphatic heterocycles. The Morgan fingerprint density at radius 1 is 1.24 bits per heavy atom. The largest absolute Gasteiger partial charge is 0.492 e. The van der Waals surface area contributed by atoms with Gasteiger partial charge in [-0.2, -0.15) is 0 Å². The van der Waals surface area contributed by atoms with E-state index in [9.17, 15) is 8.42 Å². The maximum absolute atomic E-state index is 11.8. The number of ether oxygens (including phenoxy) is 2. The Labute approximate surface area is 202 Å². The highest BCUT2D eigenvalue weighted by atomic mass is 32.2. The van der Waals surface area contributed by atoms with Gasteiger partial charge in [-0.25, -0.2) is 13.4 Å². The van der Waals surface area contributed by atoms with E-state index in [2.05, 4.69) is 22.9 Å². The first kappa shape index (κ1) is 23.0. The molecule has 0 amide bonds. The molecule has 6 rings (SSSR count). The summed E-state index contributed by atoms with van der Waals surface area (Å²) < 4.78 is 38.1. The molecule has 5 aliphatic rings. The van der Waals surface area contributed by atoms with Crippen LogP contribution in [0.25, 0.3) is 5.57 Å². The van der Waals surface area contributed by atoms with Gasteiger partial charge >= 0.3 is 0 Å². The van der Waals surface area contributed by atoms with Crippen molar-refractivity contribution in [2.45, 2.75) is 38.5 Å². The van der Waals surface area contributed by atoms with E-state index in [1.807, 2.05) is 18.2 Å². The van der Waals surface area contributed by atoms with Crippen molar-refractivity contribution in [1.29, 1.82) is 0 Å². The van der Waals surface area contributed by atoms with Crippen LogP contribution in [-0.2, 0) is 14.8 Å². The molecule has 7 nitrogen and oxygen atoms in total. The van der Waals surface area contributed by atoms with Crippen molar-refractivity contribution in [2.24, 2.45) is 23.2 Å². The Morgan fingerprint density at radius 3 is 2.47 bits per heavy atom. The van der Waals surface area contributed by atoms with Crippen LogP contribution in [0.5, 0.6) is 5.88 Å². The number of sulfonamides is 1. The minimum Gasteiger partial charge on any atom is -0.492 e. The zero-order valence-electron chi connectivity index (χ0n) is 19.9. The summed E-state index contributed by atoms with van der Waals surface area (Å²) in [5, 5.41) is 0.